The summed E-state index contributed by atoms with van der Waals surface area (Å²) in [6, 6.07) is 8.16. The maximum atomic E-state index is 11.8. The Balaban J connectivity index is 1.98. The topological polar surface area (TPSA) is 32.3 Å². The minimum absolute atomic E-state index is 0.0423. The molecule has 0 spiro atoms. The van der Waals surface area contributed by atoms with E-state index in [-0.39, 0.29) is 12.1 Å². The van der Waals surface area contributed by atoms with Crippen LogP contribution in [0.5, 0.6) is 0 Å². The van der Waals surface area contributed by atoms with Crippen LogP contribution < -0.4 is 10.2 Å². The number of rotatable bonds is 2. The monoisotopic (exact) mass is 244 g/mol. The number of nitrogens with zero attached hydrogens (tertiary/aromatic N) is 1. The van der Waals surface area contributed by atoms with Crippen molar-refractivity contribution in [1.82, 2.24) is 5.32 Å². The van der Waals surface area contributed by atoms with Gasteiger partial charge in [0.1, 0.15) is 0 Å². The van der Waals surface area contributed by atoms with E-state index in [1.807, 2.05) is 6.07 Å². The zero-order valence-electron chi connectivity index (χ0n) is 9.22. The molecule has 0 aliphatic carbocycles. The first kappa shape index (κ1) is 10.4. The van der Waals surface area contributed by atoms with Gasteiger partial charge in [0.25, 0.3) is 0 Å². The van der Waals surface area contributed by atoms with E-state index in [1.54, 1.807) is 22.3 Å². The number of fused-ring (bicyclic) bond motifs is 1. The Kier molecular flexibility index (Phi) is 2.37. The molecule has 17 heavy (non-hydrogen) atoms. The highest BCUT2D eigenvalue weighted by atomic mass is 32.1. The molecule has 1 fully saturated rings. The molecule has 4 heteroatoms. The Labute approximate surface area is 103 Å². The number of benzene rings is 1. The molecule has 0 radical (unpaired) electrons. The van der Waals surface area contributed by atoms with Crippen LogP contribution in [-0.4, -0.2) is 18.6 Å². The zero-order chi connectivity index (χ0) is 11.8. The van der Waals surface area contributed by atoms with Gasteiger partial charge in [-0.2, -0.15) is 0 Å². The maximum absolute atomic E-state index is 11.8. The fourth-order valence-corrected chi connectivity index (χ4v) is 2.81. The van der Waals surface area contributed by atoms with E-state index in [0.29, 0.717) is 6.54 Å². The van der Waals surface area contributed by atoms with Gasteiger partial charge in [-0.15, -0.1) is 17.9 Å². The second-order valence-electron chi connectivity index (χ2n) is 4.05. The summed E-state index contributed by atoms with van der Waals surface area (Å²) in [6.45, 7) is 4.36. The zero-order valence-corrected chi connectivity index (χ0v) is 10.0. The van der Waals surface area contributed by atoms with Gasteiger partial charge in [-0.1, -0.05) is 6.08 Å². The van der Waals surface area contributed by atoms with Crippen molar-refractivity contribution >= 4 is 33.1 Å². The third-order valence-corrected chi connectivity index (χ3v) is 3.86. The van der Waals surface area contributed by atoms with E-state index in [9.17, 15) is 4.79 Å². The summed E-state index contributed by atoms with van der Waals surface area (Å²) in [6.07, 6.45) is 1.76. The molecule has 2 heterocycles. The minimum Gasteiger partial charge on any atom is -0.330 e. The van der Waals surface area contributed by atoms with Gasteiger partial charge in [-0.05, 0) is 35.0 Å². The predicted octanol–water partition coefficient (Wildman–Crippen LogP) is 2.99. The number of amides is 2. The van der Waals surface area contributed by atoms with Crippen molar-refractivity contribution in [3.63, 3.8) is 0 Å². The van der Waals surface area contributed by atoms with Gasteiger partial charge in [0.15, 0.2) is 0 Å². The van der Waals surface area contributed by atoms with E-state index in [0.717, 1.165) is 5.69 Å². The minimum atomic E-state index is -0.0514. The lowest BCUT2D eigenvalue weighted by Gasteiger charge is -2.14. The van der Waals surface area contributed by atoms with E-state index in [4.69, 9.17) is 0 Å². The number of hydrogen-bond acceptors (Lipinski definition) is 2. The fourth-order valence-electron chi connectivity index (χ4n) is 2.04. The molecule has 1 aromatic carbocycles. The fraction of sp³-hybridized carbons (Fsp3) is 0.154. The van der Waals surface area contributed by atoms with E-state index in [2.05, 4.69) is 35.5 Å². The van der Waals surface area contributed by atoms with Crippen LogP contribution in [-0.2, 0) is 0 Å². The van der Waals surface area contributed by atoms with Crippen LogP contribution in [0.3, 0.4) is 0 Å². The molecule has 2 aromatic rings. The maximum Gasteiger partial charge on any atom is 0.322 e. The summed E-state index contributed by atoms with van der Waals surface area (Å²) in [4.78, 5) is 13.5. The Morgan fingerprint density at radius 3 is 3.12 bits per heavy atom. The van der Waals surface area contributed by atoms with Crippen LogP contribution in [0, 0.1) is 0 Å². The average molecular weight is 244 g/mol. The highest BCUT2D eigenvalue weighted by Crippen LogP contribution is 2.27. The van der Waals surface area contributed by atoms with Crippen LogP contribution in [0.1, 0.15) is 0 Å². The Morgan fingerprint density at radius 1 is 1.47 bits per heavy atom. The SMILES string of the molecule is C=C[C@@H]1CN(c2ccc3sccc3c2)C(=O)N1. The molecule has 1 aromatic heterocycles. The first-order valence-electron chi connectivity index (χ1n) is 5.46. The molecular weight excluding hydrogens is 232 g/mol. The number of carbonyl (C=O) groups is 1. The van der Waals surface area contributed by atoms with E-state index < -0.39 is 0 Å². The summed E-state index contributed by atoms with van der Waals surface area (Å²) in [5.41, 5.74) is 0.942. The quantitative estimate of drug-likeness (QED) is 0.809. The Hall–Kier alpha value is -1.81. The molecule has 0 saturated carbocycles. The highest BCUT2D eigenvalue weighted by Gasteiger charge is 2.27. The third kappa shape index (κ3) is 1.70. The molecule has 0 unspecified atom stereocenters. The van der Waals surface area contributed by atoms with Crippen LogP contribution in [0.2, 0.25) is 0 Å². The molecule has 1 aliphatic rings. The first-order valence-corrected chi connectivity index (χ1v) is 6.34. The molecule has 86 valence electrons. The van der Waals surface area contributed by atoms with E-state index in [1.165, 1.54) is 10.1 Å². The van der Waals surface area contributed by atoms with Crippen molar-refractivity contribution in [3.05, 3.63) is 42.3 Å². The molecule has 3 rings (SSSR count). The average Bonchev–Trinajstić information content (AvgIpc) is 2.93. The van der Waals surface area contributed by atoms with Gasteiger partial charge in [0.2, 0.25) is 0 Å². The molecule has 1 saturated heterocycles. The van der Waals surface area contributed by atoms with Crippen molar-refractivity contribution in [3.8, 4) is 0 Å². The molecule has 2 amide bonds. The van der Waals surface area contributed by atoms with Crippen LogP contribution in [0.15, 0.2) is 42.3 Å². The summed E-state index contributed by atoms with van der Waals surface area (Å²) in [7, 11) is 0. The molecule has 3 nitrogen and oxygen atoms in total. The normalized spacial score (nSPS) is 19.6. The molecule has 1 atom stereocenters. The van der Waals surface area contributed by atoms with Crippen molar-refractivity contribution < 1.29 is 4.79 Å². The lowest BCUT2D eigenvalue weighted by molar-refractivity contribution is 0.251. The van der Waals surface area contributed by atoms with Gasteiger partial charge in [0, 0.05) is 10.4 Å². The number of anilines is 1. The standard InChI is InChI=1S/C13H12N2OS/c1-2-10-8-15(13(16)14-10)11-3-4-12-9(7-11)5-6-17-12/h2-7,10H,1,8H2,(H,14,16)/t10-/m1/s1. The number of hydrogen-bond donors (Lipinski definition) is 1. The molecule has 0 bridgehead atoms. The van der Waals surface area contributed by atoms with Crippen LogP contribution in [0.4, 0.5) is 10.5 Å². The van der Waals surface area contributed by atoms with Crippen molar-refractivity contribution in [2.24, 2.45) is 0 Å². The summed E-state index contributed by atoms with van der Waals surface area (Å²) in [5, 5.41) is 6.11. The second-order valence-corrected chi connectivity index (χ2v) is 4.99. The Bertz CT molecular complexity index is 590. The summed E-state index contributed by atoms with van der Waals surface area (Å²) >= 11 is 1.71. The lowest BCUT2D eigenvalue weighted by Crippen LogP contribution is -2.28. The van der Waals surface area contributed by atoms with Gasteiger partial charge in [0.05, 0.1) is 12.6 Å². The highest BCUT2D eigenvalue weighted by molar-refractivity contribution is 7.17. The molecular formula is C13H12N2OS. The molecule has 1 aliphatic heterocycles. The smallest absolute Gasteiger partial charge is 0.322 e. The largest absolute Gasteiger partial charge is 0.330 e. The van der Waals surface area contributed by atoms with Gasteiger partial charge in [-0.25, -0.2) is 4.79 Å². The number of carbonyl (C=O) groups excluding carboxylic acids is 1. The van der Waals surface area contributed by atoms with Crippen LogP contribution >= 0.6 is 11.3 Å². The van der Waals surface area contributed by atoms with E-state index >= 15 is 0 Å². The third-order valence-electron chi connectivity index (χ3n) is 2.97. The summed E-state index contributed by atoms with van der Waals surface area (Å²) in [5.74, 6) is 0. The van der Waals surface area contributed by atoms with Gasteiger partial charge >= 0.3 is 6.03 Å². The number of urea groups is 1. The van der Waals surface area contributed by atoms with Gasteiger partial charge in [-0.3, -0.25) is 4.90 Å². The second kappa shape index (κ2) is 3.89. The van der Waals surface area contributed by atoms with Crippen molar-refractivity contribution in [1.29, 1.82) is 0 Å². The first-order chi connectivity index (χ1) is 8.28. The Morgan fingerprint density at radius 2 is 2.35 bits per heavy atom. The molecule has 1 N–H and O–H groups in total. The summed E-state index contributed by atoms with van der Waals surface area (Å²) < 4.78 is 1.24. The number of thiophene rings is 1. The van der Waals surface area contributed by atoms with Crippen molar-refractivity contribution in [2.75, 3.05) is 11.4 Å². The van der Waals surface area contributed by atoms with Crippen molar-refractivity contribution in [2.45, 2.75) is 6.04 Å². The van der Waals surface area contributed by atoms with Crippen LogP contribution in [0.25, 0.3) is 10.1 Å². The predicted molar refractivity (Wildman–Crippen MR) is 71.7 cm³/mol. The lowest BCUT2D eigenvalue weighted by atomic mass is 10.2. The number of nitrogens with one attached hydrogen (secondary N) is 1. The van der Waals surface area contributed by atoms with Gasteiger partial charge < -0.3 is 5.32 Å².